The first kappa shape index (κ1) is 13.5. The molecule has 0 radical (unpaired) electrons. The molecule has 0 atom stereocenters. The van der Waals surface area contributed by atoms with E-state index in [0.717, 1.165) is 18.7 Å². The number of methoxy groups -OCH3 is 1. The molecule has 1 aromatic carbocycles. The third kappa shape index (κ3) is 5.91. The Morgan fingerprint density at radius 3 is 2.94 bits per heavy atom. The van der Waals surface area contributed by atoms with Gasteiger partial charge in [-0.1, -0.05) is 6.07 Å². The van der Waals surface area contributed by atoms with Gasteiger partial charge in [0.25, 0.3) is 0 Å². The van der Waals surface area contributed by atoms with Crippen molar-refractivity contribution in [2.24, 2.45) is 0 Å². The molecular weight excluding hydrogens is 216 g/mol. The van der Waals surface area contributed by atoms with Gasteiger partial charge in [0.2, 0.25) is 0 Å². The number of ether oxygens (including phenoxy) is 2. The largest absolute Gasteiger partial charge is 0.385 e. The molecule has 17 heavy (non-hydrogen) atoms. The summed E-state index contributed by atoms with van der Waals surface area (Å²) in [6.07, 6.45) is 0.931. The minimum atomic E-state index is 0.637. The van der Waals surface area contributed by atoms with Gasteiger partial charge in [-0.15, -0.1) is 0 Å². The van der Waals surface area contributed by atoms with Crippen molar-refractivity contribution in [3.05, 3.63) is 29.8 Å². The summed E-state index contributed by atoms with van der Waals surface area (Å²) in [5.41, 5.74) is 1.65. The summed E-state index contributed by atoms with van der Waals surface area (Å²) in [4.78, 5) is 0. The van der Waals surface area contributed by atoms with E-state index in [9.17, 15) is 0 Å². The molecule has 0 fully saturated rings. The zero-order valence-electron chi connectivity index (χ0n) is 10.1. The summed E-state index contributed by atoms with van der Waals surface area (Å²) < 4.78 is 10.2. The van der Waals surface area contributed by atoms with E-state index < -0.39 is 0 Å². The van der Waals surface area contributed by atoms with E-state index in [1.165, 1.54) is 0 Å². The standard InChI is InChI=1S/C13H18N2O2/c1-16-8-9-17-7-3-6-15-13-5-2-4-12(10-13)11-14/h2,4-5,10,15H,3,6-9H2,1H3. The van der Waals surface area contributed by atoms with E-state index in [4.69, 9.17) is 14.7 Å². The lowest BCUT2D eigenvalue weighted by Crippen LogP contribution is -2.08. The molecule has 1 N–H and O–H groups in total. The maximum absolute atomic E-state index is 8.74. The average molecular weight is 234 g/mol. The van der Waals surface area contributed by atoms with Crippen LogP contribution in [0.2, 0.25) is 0 Å². The van der Waals surface area contributed by atoms with E-state index in [0.29, 0.717) is 25.4 Å². The number of rotatable bonds is 8. The molecule has 0 aliphatic rings. The summed E-state index contributed by atoms with van der Waals surface area (Å²) >= 11 is 0. The van der Waals surface area contributed by atoms with Gasteiger partial charge in [0.05, 0.1) is 24.8 Å². The summed E-state index contributed by atoms with van der Waals surface area (Å²) in [5.74, 6) is 0. The Balaban J connectivity index is 2.12. The molecule has 0 aliphatic heterocycles. The van der Waals surface area contributed by atoms with Gasteiger partial charge >= 0.3 is 0 Å². The number of hydrogen-bond donors (Lipinski definition) is 1. The zero-order chi connectivity index (χ0) is 12.3. The van der Waals surface area contributed by atoms with Gasteiger partial charge in [-0.25, -0.2) is 0 Å². The summed E-state index contributed by atoms with van der Waals surface area (Å²) in [6.45, 7) is 2.83. The molecule has 0 spiro atoms. The lowest BCUT2D eigenvalue weighted by molar-refractivity contribution is 0.0705. The average Bonchev–Trinajstić information content (AvgIpc) is 2.38. The second kappa shape index (κ2) is 8.57. The molecule has 0 aliphatic carbocycles. The number of nitriles is 1. The molecule has 1 rings (SSSR count). The molecule has 0 aromatic heterocycles. The van der Waals surface area contributed by atoms with Crippen LogP contribution in [0.4, 0.5) is 5.69 Å². The van der Waals surface area contributed by atoms with Gasteiger partial charge in [-0.2, -0.15) is 5.26 Å². The lowest BCUT2D eigenvalue weighted by Gasteiger charge is -2.07. The lowest BCUT2D eigenvalue weighted by atomic mass is 10.2. The van der Waals surface area contributed by atoms with Gasteiger partial charge < -0.3 is 14.8 Å². The fourth-order valence-electron chi connectivity index (χ4n) is 1.35. The van der Waals surface area contributed by atoms with E-state index in [2.05, 4.69) is 11.4 Å². The Kier molecular flexibility index (Phi) is 6.80. The highest BCUT2D eigenvalue weighted by Gasteiger charge is 1.94. The molecule has 4 heteroatoms. The Hall–Kier alpha value is -1.57. The predicted molar refractivity (Wildman–Crippen MR) is 67.0 cm³/mol. The Morgan fingerprint density at radius 1 is 1.29 bits per heavy atom. The first-order chi connectivity index (χ1) is 8.36. The first-order valence-electron chi connectivity index (χ1n) is 5.67. The van der Waals surface area contributed by atoms with Crippen molar-refractivity contribution in [2.75, 3.05) is 38.8 Å². The minimum Gasteiger partial charge on any atom is -0.385 e. The summed E-state index contributed by atoms with van der Waals surface area (Å²) in [7, 11) is 1.66. The number of nitrogens with one attached hydrogen (secondary N) is 1. The van der Waals surface area contributed by atoms with Gasteiger partial charge in [0, 0.05) is 25.9 Å². The second-order valence-corrected chi connectivity index (χ2v) is 3.58. The molecule has 1 aromatic rings. The van der Waals surface area contributed by atoms with Gasteiger partial charge in [-0.05, 0) is 24.6 Å². The van der Waals surface area contributed by atoms with Crippen molar-refractivity contribution in [3.8, 4) is 6.07 Å². The first-order valence-corrected chi connectivity index (χ1v) is 5.67. The van der Waals surface area contributed by atoms with Crippen molar-refractivity contribution in [1.82, 2.24) is 0 Å². The van der Waals surface area contributed by atoms with E-state index in [1.807, 2.05) is 18.2 Å². The van der Waals surface area contributed by atoms with Crippen LogP contribution < -0.4 is 5.32 Å². The third-order valence-corrected chi connectivity index (χ3v) is 2.22. The normalized spacial score (nSPS) is 9.88. The Bertz CT molecular complexity index is 361. The highest BCUT2D eigenvalue weighted by molar-refractivity contribution is 5.48. The van der Waals surface area contributed by atoms with Crippen LogP contribution in [-0.4, -0.2) is 33.5 Å². The number of benzene rings is 1. The van der Waals surface area contributed by atoms with Crippen LogP contribution in [0, 0.1) is 11.3 Å². The summed E-state index contributed by atoms with van der Waals surface area (Å²) in [5, 5.41) is 12.0. The monoisotopic (exact) mass is 234 g/mol. The fourth-order valence-corrected chi connectivity index (χ4v) is 1.35. The molecule has 0 heterocycles. The van der Waals surface area contributed by atoms with Gasteiger partial charge in [0.1, 0.15) is 0 Å². The zero-order valence-corrected chi connectivity index (χ0v) is 10.1. The molecule has 0 bridgehead atoms. The van der Waals surface area contributed by atoms with Crippen LogP contribution in [0.25, 0.3) is 0 Å². The molecule has 0 saturated heterocycles. The van der Waals surface area contributed by atoms with Crippen LogP contribution in [-0.2, 0) is 9.47 Å². The smallest absolute Gasteiger partial charge is 0.0992 e. The Morgan fingerprint density at radius 2 is 2.18 bits per heavy atom. The van der Waals surface area contributed by atoms with Crippen molar-refractivity contribution >= 4 is 5.69 Å². The van der Waals surface area contributed by atoms with Gasteiger partial charge in [0.15, 0.2) is 0 Å². The van der Waals surface area contributed by atoms with Crippen LogP contribution in [0.5, 0.6) is 0 Å². The maximum atomic E-state index is 8.74. The minimum absolute atomic E-state index is 0.637. The van der Waals surface area contributed by atoms with Crippen molar-refractivity contribution in [3.63, 3.8) is 0 Å². The number of anilines is 1. The molecular formula is C13H18N2O2. The SMILES string of the molecule is COCCOCCCNc1cccc(C#N)c1. The molecule has 0 amide bonds. The van der Waals surface area contributed by atoms with Crippen LogP contribution in [0.3, 0.4) is 0 Å². The predicted octanol–water partition coefficient (Wildman–Crippen LogP) is 2.02. The maximum Gasteiger partial charge on any atom is 0.0992 e. The molecule has 0 saturated carbocycles. The van der Waals surface area contributed by atoms with Crippen LogP contribution in [0.1, 0.15) is 12.0 Å². The highest BCUT2D eigenvalue weighted by atomic mass is 16.5. The third-order valence-electron chi connectivity index (χ3n) is 2.22. The van der Waals surface area contributed by atoms with Crippen molar-refractivity contribution < 1.29 is 9.47 Å². The molecule has 4 nitrogen and oxygen atoms in total. The van der Waals surface area contributed by atoms with Crippen LogP contribution >= 0.6 is 0 Å². The number of nitrogens with zero attached hydrogens (tertiary/aromatic N) is 1. The van der Waals surface area contributed by atoms with E-state index >= 15 is 0 Å². The molecule has 0 unspecified atom stereocenters. The van der Waals surface area contributed by atoms with Crippen LogP contribution in [0.15, 0.2) is 24.3 Å². The topological polar surface area (TPSA) is 54.3 Å². The number of hydrogen-bond acceptors (Lipinski definition) is 4. The summed E-state index contributed by atoms with van der Waals surface area (Å²) in [6, 6.07) is 9.57. The van der Waals surface area contributed by atoms with Crippen molar-refractivity contribution in [2.45, 2.75) is 6.42 Å². The Labute approximate surface area is 102 Å². The van der Waals surface area contributed by atoms with E-state index in [1.54, 1.807) is 13.2 Å². The van der Waals surface area contributed by atoms with Gasteiger partial charge in [-0.3, -0.25) is 0 Å². The molecule has 92 valence electrons. The quantitative estimate of drug-likeness (QED) is 0.699. The van der Waals surface area contributed by atoms with E-state index in [-0.39, 0.29) is 0 Å². The van der Waals surface area contributed by atoms with Crippen molar-refractivity contribution in [1.29, 1.82) is 5.26 Å². The highest BCUT2D eigenvalue weighted by Crippen LogP contribution is 2.09. The second-order valence-electron chi connectivity index (χ2n) is 3.58. The fraction of sp³-hybridized carbons (Fsp3) is 0.462.